The largest absolute Gasteiger partial charge is 0.352 e. The van der Waals surface area contributed by atoms with E-state index in [9.17, 15) is 22.4 Å². The van der Waals surface area contributed by atoms with Crippen LogP contribution in [0.3, 0.4) is 0 Å². The highest BCUT2D eigenvalue weighted by Crippen LogP contribution is 2.26. The van der Waals surface area contributed by atoms with Gasteiger partial charge < -0.3 is 10.2 Å². The van der Waals surface area contributed by atoms with Gasteiger partial charge in [-0.2, -0.15) is 0 Å². The number of hydrogen-bond acceptors (Lipinski definition) is 4. The Morgan fingerprint density at radius 2 is 1.45 bits per heavy atom. The Morgan fingerprint density at radius 3 is 2.05 bits per heavy atom. The van der Waals surface area contributed by atoms with Gasteiger partial charge in [0.15, 0.2) is 0 Å². The van der Waals surface area contributed by atoms with Crippen molar-refractivity contribution in [1.82, 2.24) is 10.2 Å². The first-order valence-corrected chi connectivity index (χ1v) is 16.0. The molecule has 1 atom stereocenters. The average Bonchev–Trinajstić information content (AvgIpc) is 2.99. The molecule has 0 heterocycles. The standard InChI is InChI=1S/C34H35ClFN3O4S/c1-24(2)37-34(41)32(21-26-7-5-4-6-8-26)38(22-27-11-15-29(36)16-12-27)33(40)23-39(30-17-9-25(3)10-18-30)44(42,43)31-19-13-28(35)14-20-31/h4-20,24,32H,21-23H2,1-3H3,(H,37,41). The van der Waals surface area contributed by atoms with E-state index in [1.807, 2.05) is 51.1 Å². The summed E-state index contributed by atoms with van der Waals surface area (Å²) in [5.74, 6) is -1.43. The van der Waals surface area contributed by atoms with Gasteiger partial charge in [0.2, 0.25) is 11.8 Å². The van der Waals surface area contributed by atoms with Gasteiger partial charge in [0, 0.05) is 24.0 Å². The van der Waals surface area contributed by atoms with Crippen LogP contribution in [0.4, 0.5) is 10.1 Å². The van der Waals surface area contributed by atoms with E-state index < -0.39 is 34.3 Å². The zero-order valence-electron chi connectivity index (χ0n) is 24.8. The summed E-state index contributed by atoms with van der Waals surface area (Å²) >= 11 is 6.02. The smallest absolute Gasteiger partial charge is 0.264 e. The van der Waals surface area contributed by atoms with Crippen LogP contribution < -0.4 is 9.62 Å². The summed E-state index contributed by atoms with van der Waals surface area (Å²) in [6.07, 6.45) is 0.181. The molecule has 44 heavy (non-hydrogen) atoms. The first kappa shape index (κ1) is 32.7. The molecule has 0 spiro atoms. The van der Waals surface area contributed by atoms with Gasteiger partial charge in [-0.25, -0.2) is 12.8 Å². The number of hydrogen-bond donors (Lipinski definition) is 1. The molecule has 0 saturated heterocycles. The minimum absolute atomic E-state index is 0.0428. The quantitative estimate of drug-likeness (QED) is 0.202. The van der Waals surface area contributed by atoms with Gasteiger partial charge in [-0.15, -0.1) is 0 Å². The third-order valence-corrected chi connectivity index (χ3v) is 9.01. The zero-order chi connectivity index (χ0) is 31.9. The second-order valence-corrected chi connectivity index (χ2v) is 13.1. The minimum Gasteiger partial charge on any atom is -0.352 e. The molecule has 1 N–H and O–H groups in total. The van der Waals surface area contributed by atoms with Crippen molar-refractivity contribution in [2.45, 2.75) is 50.7 Å². The molecule has 230 valence electrons. The monoisotopic (exact) mass is 635 g/mol. The van der Waals surface area contributed by atoms with Crippen LogP contribution in [0.15, 0.2) is 108 Å². The molecule has 4 rings (SSSR count). The van der Waals surface area contributed by atoms with Gasteiger partial charge in [0.05, 0.1) is 10.6 Å². The van der Waals surface area contributed by atoms with E-state index in [2.05, 4.69) is 5.32 Å². The Morgan fingerprint density at radius 1 is 0.841 bits per heavy atom. The lowest BCUT2D eigenvalue weighted by molar-refractivity contribution is -0.140. The summed E-state index contributed by atoms with van der Waals surface area (Å²) in [5.41, 5.74) is 2.59. The van der Waals surface area contributed by atoms with E-state index in [0.29, 0.717) is 10.6 Å². The van der Waals surface area contributed by atoms with E-state index in [-0.39, 0.29) is 35.5 Å². The van der Waals surface area contributed by atoms with E-state index in [1.165, 1.54) is 53.4 Å². The molecule has 0 aliphatic rings. The fourth-order valence-corrected chi connectivity index (χ4v) is 6.23. The van der Waals surface area contributed by atoms with Crippen molar-refractivity contribution >= 4 is 39.1 Å². The van der Waals surface area contributed by atoms with Gasteiger partial charge in [0.1, 0.15) is 18.4 Å². The number of carbonyl (C=O) groups is 2. The highest BCUT2D eigenvalue weighted by atomic mass is 35.5. The molecule has 0 fully saturated rings. The lowest BCUT2D eigenvalue weighted by Crippen LogP contribution is -2.54. The van der Waals surface area contributed by atoms with Crippen LogP contribution in [0, 0.1) is 12.7 Å². The van der Waals surface area contributed by atoms with Crippen molar-refractivity contribution in [1.29, 1.82) is 0 Å². The zero-order valence-corrected chi connectivity index (χ0v) is 26.4. The molecule has 0 bridgehead atoms. The molecule has 7 nitrogen and oxygen atoms in total. The predicted molar refractivity (Wildman–Crippen MR) is 171 cm³/mol. The summed E-state index contributed by atoms with van der Waals surface area (Å²) in [4.78, 5) is 29.4. The number of nitrogens with one attached hydrogen (secondary N) is 1. The van der Waals surface area contributed by atoms with Crippen molar-refractivity contribution in [2.75, 3.05) is 10.8 Å². The van der Waals surface area contributed by atoms with E-state index in [0.717, 1.165) is 15.4 Å². The summed E-state index contributed by atoms with van der Waals surface area (Å²) in [6, 6.07) is 26.2. The predicted octanol–water partition coefficient (Wildman–Crippen LogP) is 6.15. The SMILES string of the molecule is Cc1ccc(N(CC(=O)N(Cc2ccc(F)cc2)C(Cc2ccccc2)C(=O)NC(C)C)S(=O)(=O)c2ccc(Cl)cc2)cc1. The highest BCUT2D eigenvalue weighted by Gasteiger charge is 2.34. The van der Waals surface area contributed by atoms with Crippen LogP contribution in [0.5, 0.6) is 0 Å². The topological polar surface area (TPSA) is 86.8 Å². The molecule has 4 aromatic rings. The van der Waals surface area contributed by atoms with Gasteiger partial charge in [-0.05, 0) is 80.4 Å². The summed E-state index contributed by atoms with van der Waals surface area (Å²) in [7, 11) is -4.24. The Hall–Kier alpha value is -4.21. The van der Waals surface area contributed by atoms with Crippen molar-refractivity contribution in [3.05, 3.63) is 131 Å². The second kappa shape index (κ2) is 14.5. The maximum absolute atomic E-state index is 14.4. The molecule has 0 radical (unpaired) electrons. The van der Waals surface area contributed by atoms with Crippen LogP contribution in [-0.4, -0.2) is 43.8 Å². The first-order chi connectivity index (χ1) is 20.9. The fraction of sp³-hybridized carbons (Fsp3) is 0.235. The van der Waals surface area contributed by atoms with Crippen molar-refractivity contribution in [2.24, 2.45) is 0 Å². The number of halogens is 2. The molecule has 0 aliphatic heterocycles. The lowest BCUT2D eigenvalue weighted by atomic mass is 10.0. The van der Waals surface area contributed by atoms with E-state index in [1.54, 1.807) is 24.3 Å². The van der Waals surface area contributed by atoms with Crippen LogP contribution in [-0.2, 0) is 32.6 Å². The van der Waals surface area contributed by atoms with Gasteiger partial charge in [0.25, 0.3) is 10.0 Å². The fourth-order valence-electron chi connectivity index (χ4n) is 4.69. The normalized spacial score (nSPS) is 12.0. The third-order valence-electron chi connectivity index (χ3n) is 6.97. The van der Waals surface area contributed by atoms with Gasteiger partial charge >= 0.3 is 0 Å². The molecule has 0 aromatic heterocycles. The Balaban J connectivity index is 1.79. The molecule has 0 aliphatic carbocycles. The number of benzene rings is 4. The molecule has 10 heteroatoms. The number of nitrogens with zero attached hydrogens (tertiary/aromatic N) is 2. The number of anilines is 1. The van der Waals surface area contributed by atoms with E-state index in [4.69, 9.17) is 11.6 Å². The maximum atomic E-state index is 14.4. The van der Waals surface area contributed by atoms with Gasteiger partial charge in [-0.1, -0.05) is 71.8 Å². The van der Waals surface area contributed by atoms with Crippen LogP contribution in [0.2, 0.25) is 5.02 Å². The number of aryl methyl sites for hydroxylation is 1. The lowest BCUT2D eigenvalue weighted by Gasteiger charge is -2.34. The number of rotatable bonds is 12. The molecular formula is C34H35ClFN3O4S. The summed E-state index contributed by atoms with van der Waals surface area (Å²) in [6.45, 7) is 4.88. The summed E-state index contributed by atoms with van der Waals surface area (Å²) in [5, 5.41) is 3.28. The first-order valence-electron chi connectivity index (χ1n) is 14.2. The number of amides is 2. The Bertz CT molecular complexity index is 1660. The van der Waals surface area contributed by atoms with Crippen LogP contribution in [0.25, 0.3) is 0 Å². The van der Waals surface area contributed by atoms with Crippen molar-refractivity contribution in [3.63, 3.8) is 0 Å². The minimum atomic E-state index is -4.24. The van der Waals surface area contributed by atoms with E-state index >= 15 is 0 Å². The average molecular weight is 636 g/mol. The van der Waals surface area contributed by atoms with Crippen molar-refractivity contribution in [3.8, 4) is 0 Å². The Kier molecular flexibility index (Phi) is 10.8. The maximum Gasteiger partial charge on any atom is 0.264 e. The molecule has 1 unspecified atom stereocenters. The van der Waals surface area contributed by atoms with Crippen LogP contribution in [0.1, 0.15) is 30.5 Å². The number of carbonyl (C=O) groups excluding carboxylic acids is 2. The highest BCUT2D eigenvalue weighted by molar-refractivity contribution is 7.92. The van der Waals surface area contributed by atoms with Gasteiger partial charge in [-0.3, -0.25) is 13.9 Å². The summed E-state index contributed by atoms with van der Waals surface area (Å²) < 4.78 is 42.8. The third kappa shape index (κ3) is 8.45. The molecular weight excluding hydrogens is 601 g/mol. The second-order valence-electron chi connectivity index (χ2n) is 10.8. The molecule has 4 aromatic carbocycles. The molecule has 2 amide bonds. The van der Waals surface area contributed by atoms with Crippen LogP contribution >= 0.6 is 11.6 Å². The molecule has 0 saturated carbocycles. The van der Waals surface area contributed by atoms with Crippen molar-refractivity contribution < 1.29 is 22.4 Å². The number of sulfonamides is 1. The Labute approximate surface area is 263 Å².